The summed E-state index contributed by atoms with van der Waals surface area (Å²) >= 11 is 0. The van der Waals surface area contributed by atoms with Gasteiger partial charge in [-0.15, -0.1) is 0 Å². The highest BCUT2D eigenvalue weighted by atomic mass is 16.4. The van der Waals surface area contributed by atoms with Crippen molar-refractivity contribution >= 4 is 5.97 Å². The van der Waals surface area contributed by atoms with Gasteiger partial charge < -0.3 is 9.90 Å². The maximum atomic E-state index is 10.0. The second-order valence-corrected chi connectivity index (χ2v) is 1.94. The molecule has 0 aliphatic rings. The van der Waals surface area contributed by atoms with E-state index in [-0.39, 0.29) is 0 Å². The fourth-order valence-corrected chi connectivity index (χ4v) is 0.419. The van der Waals surface area contributed by atoms with E-state index < -0.39 is 11.9 Å². The highest BCUT2D eigenvalue weighted by Gasteiger charge is 1.93. The number of carboxylic acids is 1. The van der Waals surface area contributed by atoms with Gasteiger partial charge in [0.1, 0.15) is 0 Å². The lowest BCUT2D eigenvalue weighted by Gasteiger charge is -2.04. The molecule has 0 aromatic heterocycles. The molecule has 0 aliphatic carbocycles. The average Bonchev–Trinajstić information content (AvgIpc) is 1.82. The lowest BCUT2D eigenvalue weighted by Crippen LogP contribution is -2.28. The fourth-order valence-electron chi connectivity index (χ4n) is 0.419. The molecule has 0 amide bonds. The molecule has 2 heteroatoms. The summed E-state index contributed by atoms with van der Waals surface area (Å²) in [5.41, 5.74) is 0. The van der Waals surface area contributed by atoms with E-state index in [2.05, 4.69) is 0 Å². The Morgan fingerprint density at radius 1 is 1.78 bits per heavy atom. The van der Waals surface area contributed by atoms with Gasteiger partial charge in [0.15, 0.2) is 0 Å². The van der Waals surface area contributed by atoms with Crippen LogP contribution >= 0.6 is 0 Å². The number of hydrogen-bond acceptors (Lipinski definition) is 2. The molecule has 1 unspecified atom stereocenters. The van der Waals surface area contributed by atoms with Gasteiger partial charge >= 0.3 is 0 Å². The van der Waals surface area contributed by atoms with Crippen LogP contribution in [0, 0.1) is 5.92 Å². The first kappa shape index (κ1) is 8.21. The van der Waals surface area contributed by atoms with Crippen molar-refractivity contribution in [2.45, 2.75) is 20.3 Å². The van der Waals surface area contributed by atoms with Gasteiger partial charge in [-0.05, 0) is 6.42 Å². The number of carbonyl (C=O) groups excluding carboxylic acids is 1. The Bertz CT molecular complexity index is 116. The van der Waals surface area contributed by atoms with Crippen molar-refractivity contribution in [1.29, 1.82) is 0 Å². The maximum absolute atomic E-state index is 10.0. The van der Waals surface area contributed by atoms with Gasteiger partial charge in [-0.1, -0.05) is 26.0 Å². The molecular weight excluding hydrogens is 116 g/mol. The van der Waals surface area contributed by atoms with Gasteiger partial charge in [0.25, 0.3) is 0 Å². The van der Waals surface area contributed by atoms with E-state index in [1.807, 2.05) is 13.0 Å². The second-order valence-electron chi connectivity index (χ2n) is 1.94. The van der Waals surface area contributed by atoms with Crippen LogP contribution in [-0.4, -0.2) is 5.97 Å². The van der Waals surface area contributed by atoms with Crippen molar-refractivity contribution < 1.29 is 9.90 Å². The van der Waals surface area contributed by atoms with Crippen LogP contribution in [0.5, 0.6) is 0 Å². The standard InChI is InChI=1S/C7H12O2/c1-3-4-5-6(2)7(8)9/h4-6H,3H2,1-2H3,(H,8,9)/p-1/b5-4+. The summed E-state index contributed by atoms with van der Waals surface area (Å²) in [7, 11) is 0. The molecule has 0 fully saturated rings. The van der Waals surface area contributed by atoms with Gasteiger partial charge in [-0.2, -0.15) is 0 Å². The zero-order valence-electron chi connectivity index (χ0n) is 5.76. The van der Waals surface area contributed by atoms with Crippen LogP contribution in [0.4, 0.5) is 0 Å². The van der Waals surface area contributed by atoms with Gasteiger partial charge in [-0.3, -0.25) is 0 Å². The smallest absolute Gasteiger partial charge is 0.0480 e. The van der Waals surface area contributed by atoms with Gasteiger partial charge in [0.2, 0.25) is 0 Å². The fraction of sp³-hybridized carbons (Fsp3) is 0.571. The molecule has 0 spiro atoms. The monoisotopic (exact) mass is 127 g/mol. The van der Waals surface area contributed by atoms with Crippen LogP contribution in [-0.2, 0) is 4.79 Å². The molecule has 0 aliphatic heterocycles. The maximum Gasteiger partial charge on any atom is 0.0480 e. The van der Waals surface area contributed by atoms with Crippen LogP contribution in [0.1, 0.15) is 20.3 Å². The van der Waals surface area contributed by atoms with Crippen molar-refractivity contribution in [1.82, 2.24) is 0 Å². The normalized spacial score (nSPS) is 14.0. The van der Waals surface area contributed by atoms with Crippen molar-refractivity contribution in [2.24, 2.45) is 5.92 Å². The van der Waals surface area contributed by atoms with E-state index in [1.54, 1.807) is 13.0 Å². The Hall–Kier alpha value is -0.790. The van der Waals surface area contributed by atoms with Crippen molar-refractivity contribution in [3.8, 4) is 0 Å². The Morgan fingerprint density at radius 3 is 2.67 bits per heavy atom. The molecule has 52 valence electrons. The van der Waals surface area contributed by atoms with Crippen LogP contribution in [0.3, 0.4) is 0 Å². The molecule has 9 heavy (non-hydrogen) atoms. The third kappa shape index (κ3) is 3.76. The zero-order valence-corrected chi connectivity index (χ0v) is 5.76. The summed E-state index contributed by atoms with van der Waals surface area (Å²) in [4.78, 5) is 10.0. The first-order valence-electron chi connectivity index (χ1n) is 3.06. The number of aliphatic carboxylic acids is 1. The first-order chi connectivity index (χ1) is 4.18. The van der Waals surface area contributed by atoms with E-state index in [0.717, 1.165) is 6.42 Å². The molecule has 0 N–H and O–H groups in total. The third-order valence-electron chi connectivity index (χ3n) is 1.03. The SMILES string of the molecule is CC/C=C/C(C)C(=O)[O-]. The molecule has 0 heterocycles. The highest BCUT2D eigenvalue weighted by Crippen LogP contribution is 1.94. The number of hydrogen-bond donors (Lipinski definition) is 0. The largest absolute Gasteiger partial charge is 0.550 e. The number of allylic oxidation sites excluding steroid dienone is 1. The second kappa shape index (κ2) is 4.13. The van der Waals surface area contributed by atoms with E-state index in [9.17, 15) is 9.90 Å². The van der Waals surface area contributed by atoms with Crippen molar-refractivity contribution in [3.05, 3.63) is 12.2 Å². The minimum Gasteiger partial charge on any atom is -0.550 e. The zero-order chi connectivity index (χ0) is 7.28. The summed E-state index contributed by atoms with van der Waals surface area (Å²) in [6, 6.07) is 0. The summed E-state index contributed by atoms with van der Waals surface area (Å²) in [6.07, 6.45) is 4.33. The van der Waals surface area contributed by atoms with Gasteiger partial charge in [0.05, 0.1) is 0 Å². The number of carboxylic acid groups (broad SMARTS) is 1. The Morgan fingerprint density at radius 2 is 2.33 bits per heavy atom. The number of rotatable bonds is 3. The lowest BCUT2D eigenvalue weighted by molar-refractivity contribution is -0.309. The van der Waals surface area contributed by atoms with Crippen LogP contribution in [0.15, 0.2) is 12.2 Å². The Balaban J connectivity index is 3.62. The van der Waals surface area contributed by atoms with Gasteiger partial charge in [-0.25, -0.2) is 0 Å². The topological polar surface area (TPSA) is 40.1 Å². The van der Waals surface area contributed by atoms with E-state index in [1.165, 1.54) is 0 Å². The molecule has 0 aromatic carbocycles. The van der Waals surface area contributed by atoms with Crippen molar-refractivity contribution in [3.63, 3.8) is 0 Å². The molecule has 1 atom stereocenters. The molecule has 2 nitrogen and oxygen atoms in total. The molecule has 0 radical (unpaired) electrons. The molecule has 0 saturated carbocycles. The predicted octanol–water partition coefficient (Wildman–Crippen LogP) is 0.339. The molecule has 0 bridgehead atoms. The van der Waals surface area contributed by atoms with Crippen LogP contribution in [0.2, 0.25) is 0 Å². The highest BCUT2D eigenvalue weighted by molar-refractivity contribution is 5.69. The summed E-state index contributed by atoms with van der Waals surface area (Å²) in [5, 5.41) is 10.0. The Labute approximate surface area is 55.2 Å². The predicted molar refractivity (Wildman–Crippen MR) is 33.6 cm³/mol. The molecular formula is C7H11O2-. The molecule has 0 aromatic rings. The van der Waals surface area contributed by atoms with Gasteiger partial charge in [0, 0.05) is 11.9 Å². The Kier molecular flexibility index (Phi) is 3.76. The van der Waals surface area contributed by atoms with E-state index >= 15 is 0 Å². The quantitative estimate of drug-likeness (QED) is 0.513. The minimum atomic E-state index is -1.01. The van der Waals surface area contributed by atoms with E-state index in [0.29, 0.717) is 0 Å². The summed E-state index contributed by atoms with van der Waals surface area (Å²) in [5.74, 6) is -1.47. The first-order valence-corrected chi connectivity index (χ1v) is 3.06. The van der Waals surface area contributed by atoms with Crippen LogP contribution in [0.25, 0.3) is 0 Å². The third-order valence-corrected chi connectivity index (χ3v) is 1.03. The number of carbonyl (C=O) groups is 1. The van der Waals surface area contributed by atoms with E-state index in [4.69, 9.17) is 0 Å². The minimum absolute atomic E-state index is 0.454. The molecule has 0 rings (SSSR count). The lowest BCUT2D eigenvalue weighted by atomic mass is 10.1. The van der Waals surface area contributed by atoms with Crippen molar-refractivity contribution in [2.75, 3.05) is 0 Å². The average molecular weight is 127 g/mol. The summed E-state index contributed by atoms with van der Waals surface area (Å²) < 4.78 is 0. The molecule has 0 saturated heterocycles. The summed E-state index contributed by atoms with van der Waals surface area (Å²) in [6.45, 7) is 3.56. The van der Waals surface area contributed by atoms with Crippen LogP contribution < -0.4 is 5.11 Å².